The standard InChI is InChI=1S/C14H16N4O2S2/c1-8-4-5-9(20-8)14(2,19)6-15-11-10-12(17-7-16-11)18-13(21-3)22-10/h4-5,7,19H,6H2,1-3H3,(H,15,16,17). The summed E-state index contributed by atoms with van der Waals surface area (Å²) >= 11 is 3.11. The van der Waals surface area contributed by atoms with Crippen molar-refractivity contribution in [3.05, 3.63) is 30.0 Å². The highest BCUT2D eigenvalue weighted by Crippen LogP contribution is 2.31. The number of furan rings is 1. The first-order valence-electron chi connectivity index (χ1n) is 6.68. The highest BCUT2D eigenvalue weighted by molar-refractivity contribution is 8.00. The third-order valence-corrected chi connectivity index (χ3v) is 5.25. The van der Waals surface area contributed by atoms with Crippen LogP contribution in [0.25, 0.3) is 10.3 Å². The normalized spacial score (nSPS) is 14.2. The van der Waals surface area contributed by atoms with Gasteiger partial charge in [0.05, 0.1) is 6.54 Å². The van der Waals surface area contributed by atoms with Crippen molar-refractivity contribution in [3.63, 3.8) is 0 Å². The number of fused-ring (bicyclic) bond motifs is 1. The van der Waals surface area contributed by atoms with Gasteiger partial charge in [0.1, 0.15) is 34.0 Å². The van der Waals surface area contributed by atoms with E-state index in [9.17, 15) is 5.11 Å². The van der Waals surface area contributed by atoms with Crippen molar-refractivity contribution in [1.82, 2.24) is 15.0 Å². The molecule has 0 radical (unpaired) electrons. The van der Waals surface area contributed by atoms with Gasteiger partial charge in [-0.25, -0.2) is 15.0 Å². The summed E-state index contributed by atoms with van der Waals surface area (Å²) in [5.74, 6) is 1.97. The summed E-state index contributed by atoms with van der Waals surface area (Å²) in [7, 11) is 0. The lowest BCUT2D eigenvalue weighted by Crippen LogP contribution is -2.30. The topological polar surface area (TPSA) is 84.1 Å². The molecule has 22 heavy (non-hydrogen) atoms. The van der Waals surface area contributed by atoms with Gasteiger partial charge in [0.2, 0.25) is 0 Å². The molecule has 1 atom stereocenters. The number of aliphatic hydroxyl groups is 1. The molecular formula is C14H16N4O2S2. The number of nitrogens with one attached hydrogen (secondary N) is 1. The number of thiazole rings is 1. The van der Waals surface area contributed by atoms with E-state index in [0.29, 0.717) is 17.2 Å². The molecular weight excluding hydrogens is 320 g/mol. The van der Waals surface area contributed by atoms with Crippen LogP contribution in [0.5, 0.6) is 0 Å². The first kappa shape index (κ1) is 15.3. The number of anilines is 1. The Morgan fingerprint density at radius 2 is 2.23 bits per heavy atom. The van der Waals surface area contributed by atoms with E-state index in [1.54, 1.807) is 24.8 Å². The molecule has 1 unspecified atom stereocenters. The lowest BCUT2D eigenvalue weighted by molar-refractivity contribution is 0.0467. The number of rotatable bonds is 5. The minimum Gasteiger partial charge on any atom is -0.463 e. The quantitative estimate of drug-likeness (QED) is 0.693. The number of hydrogen-bond acceptors (Lipinski definition) is 8. The zero-order chi connectivity index (χ0) is 15.7. The average molecular weight is 336 g/mol. The second-order valence-corrected chi connectivity index (χ2v) is 7.15. The van der Waals surface area contributed by atoms with Crippen LogP contribution in [0.1, 0.15) is 18.4 Å². The van der Waals surface area contributed by atoms with Gasteiger partial charge in [0, 0.05) is 0 Å². The van der Waals surface area contributed by atoms with E-state index < -0.39 is 5.60 Å². The summed E-state index contributed by atoms with van der Waals surface area (Å²) in [6, 6.07) is 3.62. The zero-order valence-electron chi connectivity index (χ0n) is 12.5. The van der Waals surface area contributed by atoms with E-state index >= 15 is 0 Å². The number of aryl methyl sites for hydroxylation is 1. The van der Waals surface area contributed by atoms with Gasteiger partial charge in [-0.05, 0) is 32.2 Å². The molecule has 0 spiro atoms. The molecule has 0 saturated carbocycles. The summed E-state index contributed by atoms with van der Waals surface area (Å²) in [5, 5.41) is 13.7. The fraction of sp³-hybridized carbons (Fsp3) is 0.357. The fourth-order valence-electron chi connectivity index (χ4n) is 2.01. The summed E-state index contributed by atoms with van der Waals surface area (Å²) in [6.45, 7) is 3.83. The van der Waals surface area contributed by atoms with Gasteiger partial charge >= 0.3 is 0 Å². The molecule has 6 nitrogen and oxygen atoms in total. The van der Waals surface area contributed by atoms with Crippen LogP contribution in [-0.4, -0.2) is 32.9 Å². The van der Waals surface area contributed by atoms with E-state index in [-0.39, 0.29) is 6.54 Å². The van der Waals surface area contributed by atoms with Crippen molar-refractivity contribution in [2.24, 2.45) is 0 Å². The largest absolute Gasteiger partial charge is 0.463 e. The third kappa shape index (κ3) is 2.94. The van der Waals surface area contributed by atoms with Gasteiger partial charge < -0.3 is 14.8 Å². The van der Waals surface area contributed by atoms with Crippen LogP contribution < -0.4 is 5.32 Å². The maximum absolute atomic E-state index is 10.6. The fourth-order valence-corrected chi connectivity index (χ4v) is 3.49. The molecule has 0 aliphatic heterocycles. The van der Waals surface area contributed by atoms with E-state index in [0.717, 1.165) is 14.8 Å². The van der Waals surface area contributed by atoms with Crippen LogP contribution in [0, 0.1) is 6.92 Å². The second kappa shape index (κ2) is 5.86. The zero-order valence-corrected chi connectivity index (χ0v) is 14.1. The van der Waals surface area contributed by atoms with Crippen molar-refractivity contribution in [2.75, 3.05) is 18.1 Å². The van der Waals surface area contributed by atoms with Crippen LogP contribution in [0.2, 0.25) is 0 Å². The molecule has 2 N–H and O–H groups in total. The predicted octanol–water partition coefficient (Wildman–Crippen LogP) is 3.03. The maximum Gasteiger partial charge on any atom is 0.176 e. The van der Waals surface area contributed by atoms with Crippen molar-refractivity contribution in [1.29, 1.82) is 0 Å². The minimum absolute atomic E-state index is 0.276. The Bertz CT molecular complexity index is 797. The Labute approximate surface area is 136 Å². The van der Waals surface area contributed by atoms with E-state index in [1.165, 1.54) is 17.7 Å². The van der Waals surface area contributed by atoms with Crippen molar-refractivity contribution in [2.45, 2.75) is 23.8 Å². The molecule has 8 heteroatoms. The van der Waals surface area contributed by atoms with Crippen LogP contribution in [0.3, 0.4) is 0 Å². The Balaban J connectivity index is 1.83. The average Bonchev–Trinajstić information content (AvgIpc) is 3.11. The molecule has 0 aliphatic carbocycles. The molecule has 0 aliphatic rings. The van der Waals surface area contributed by atoms with E-state index in [4.69, 9.17) is 4.42 Å². The molecule has 3 aromatic heterocycles. The maximum atomic E-state index is 10.6. The molecule has 0 fully saturated rings. The van der Waals surface area contributed by atoms with Gasteiger partial charge in [0.15, 0.2) is 9.99 Å². The SMILES string of the molecule is CSc1nc2ncnc(NCC(C)(O)c3ccc(C)o3)c2s1. The molecule has 0 bridgehead atoms. The second-order valence-electron chi connectivity index (χ2n) is 5.10. The van der Waals surface area contributed by atoms with E-state index in [2.05, 4.69) is 20.3 Å². The molecule has 116 valence electrons. The first-order valence-corrected chi connectivity index (χ1v) is 8.72. The minimum atomic E-state index is -1.13. The monoisotopic (exact) mass is 336 g/mol. The highest BCUT2D eigenvalue weighted by atomic mass is 32.2. The first-order chi connectivity index (χ1) is 10.5. The van der Waals surface area contributed by atoms with Crippen LogP contribution >= 0.6 is 23.1 Å². The third-order valence-electron chi connectivity index (χ3n) is 3.22. The summed E-state index contributed by atoms with van der Waals surface area (Å²) < 4.78 is 7.33. The Morgan fingerprint density at radius 1 is 1.41 bits per heavy atom. The smallest absolute Gasteiger partial charge is 0.176 e. The van der Waals surface area contributed by atoms with Gasteiger partial charge in [-0.15, -0.1) is 11.3 Å². The molecule has 0 amide bonds. The number of nitrogens with zero attached hydrogens (tertiary/aromatic N) is 3. The molecule has 0 aromatic carbocycles. The number of aromatic nitrogens is 3. The van der Waals surface area contributed by atoms with Gasteiger partial charge in [-0.3, -0.25) is 0 Å². The lowest BCUT2D eigenvalue weighted by Gasteiger charge is -2.21. The summed E-state index contributed by atoms with van der Waals surface area (Å²) in [5.41, 5.74) is -0.459. The Hall–Kier alpha value is -1.64. The van der Waals surface area contributed by atoms with Crippen LogP contribution in [0.4, 0.5) is 5.82 Å². The number of thioether (sulfide) groups is 1. The summed E-state index contributed by atoms with van der Waals surface area (Å²) in [4.78, 5) is 12.8. The van der Waals surface area contributed by atoms with Crippen molar-refractivity contribution >= 4 is 39.3 Å². The van der Waals surface area contributed by atoms with Crippen molar-refractivity contribution in [3.8, 4) is 0 Å². The van der Waals surface area contributed by atoms with Crippen LogP contribution in [-0.2, 0) is 5.60 Å². The molecule has 3 rings (SSSR count). The molecule has 3 heterocycles. The van der Waals surface area contributed by atoms with Gasteiger partial charge in [-0.1, -0.05) is 11.8 Å². The molecule has 3 aromatic rings. The summed E-state index contributed by atoms with van der Waals surface area (Å²) in [6.07, 6.45) is 3.45. The Morgan fingerprint density at radius 3 is 2.91 bits per heavy atom. The van der Waals surface area contributed by atoms with Gasteiger partial charge in [-0.2, -0.15) is 0 Å². The predicted molar refractivity (Wildman–Crippen MR) is 88.5 cm³/mol. The number of hydrogen-bond donors (Lipinski definition) is 2. The Kier molecular flexibility index (Phi) is 4.07. The van der Waals surface area contributed by atoms with Crippen molar-refractivity contribution < 1.29 is 9.52 Å². The highest BCUT2D eigenvalue weighted by Gasteiger charge is 2.27. The molecule has 0 saturated heterocycles. The lowest BCUT2D eigenvalue weighted by atomic mass is 10.0. The van der Waals surface area contributed by atoms with E-state index in [1.807, 2.05) is 19.2 Å². The van der Waals surface area contributed by atoms with Crippen LogP contribution in [0.15, 0.2) is 27.2 Å². The van der Waals surface area contributed by atoms with Gasteiger partial charge in [0.25, 0.3) is 0 Å².